The van der Waals surface area contributed by atoms with Gasteiger partial charge in [-0.25, -0.2) is 0 Å². The van der Waals surface area contributed by atoms with E-state index in [0.717, 1.165) is 12.8 Å². The third-order valence-electron chi connectivity index (χ3n) is 2.58. The molecule has 0 aromatic heterocycles. The number of ether oxygens (including phenoxy) is 1. The van der Waals surface area contributed by atoms with Crippen molar-refractivity contribution < 1.29 is 23.0 Å². The second kappa shape index (κ2) is 5.84. The molecule has 0 radical (unpaired) electrons. The molecule has 16 heavy (non-hydrogen) atoms. The first-order chi connectivity index (χ1) is 7.43. The summed E-state index contributed by atoms with van der Waals surface area (Å²) in [6, 6.07) is 0. The number of nitrogens with zero attached hydrogens (tertiary/aromatic N) is 1. The molecule has 3 nitrogen and oxygen atoms in total. The second-order valence-corrected chi connectivity index (χ2v) is 4.12. The van der Waals surface area contributed by atoms with E-state index < -0.39 is 12.3 Å². The molecule has 0 saturated carbocycles. The van der Waals surface area contributed by atoms with E-state index in [0.29, 0.717) is 19.7 Å². The number of rotatable bonds is 6. The molecule has 0 aromatic carbocycles. The fraction of sp³-hybridized carbons (Fsp3) is 1.00. The summed E-state index contributed by atoms with van der Waals surface area (Å²) in [7, 11) is 0. The number of hydrogen-bond acceptors (Lipinski definition) is 3. The van der Waals surface area contributed by atoms with Crippen molar-refractivity contribution in [3.05, 3.63) is 0 Å². The summed E-state index contributed by atoms with van der Waals surface area (Å²) in [5.41, 5.74) is 0. The molecule has 1 fully saturated rings. The predicted molar refractivity (Wildman–Crippen MR) is 53.1 cm³/mol. The fourth-order valence-corrected chi connectivity index (χ4v) is 1.52. The van der Waals surface area contributed by atoms with Gasteiger partial charge in [0.1, 0.15) is 0 Å². The zero-order chi connectivity index (χ0) is 12.2. The monoisotopic (exact) mass is 241 g/mol. The smallest absolute Gasteiger partial charge is 0.382 e. The topological polar surface area (TPSA) is 32.7 Å². The summed E-state index contributed by atoms with van der Waals surface area (Å²) in [4.78, 5) is 1.55. The maximum Gasteiger partial charge on any atom is 0.415 e. The first-order valence-corrected chi connectivity index (χ1v) is 5.52. The van der Waals surface area contributed by atoms with Crippen LogP contribution < -0.4 is 0 Å². The van der Waals surface area contributed by atoms with E-state index in [-0.39, 0.29) is 12.6 Å². The summed E-state index contributed by atoms with van der Waals surface area (Å²) in [6.45, 7) is 3.33. The van der Waals surface area contributed by atoms with Crippen molar-refractivity contribution in [1.82, 2.24) is 4.90 Å². The Bertz CT molecular complexity index is 205. The number of alkyl halides is 3. The molecule has 1 aliphatic heterocycles. The van der Waals surface area contributed by atoms with Crippen molar-refractivity contribution in [2.24, 2.45) is 0 Å². The van der Waals surface area contributed by atoms with Crippen LogP contribution in [0.3, 0.4) is 0 Å². The summed E-state index contributed by atoms with van der Waals surface area (Å²) in [5, 5.41) is 8.81. The number of aliphatic hydroxyl groups excluding tert-OH is 1. The molecule has 0 amide bonds. The third kappa shape index (κ3) is 4.27. The molecule has 96 valence electrons. The predicted octanol–water partition coefficient (Wildman–Crippen LogP) is 1.41. The Morgan fingerprint density at radius 2 is 2.06 bits per heavy atom. The molecule has 1 saturated heterocycles. The Kier molecular flexibility index (Phi) is 5.01. The van der Waals surface area contributed by atoms with Crippen LogP contribution >= 0.6 is 0 Å². The van der Waals surface area contributed by atoms with E-state index in [1.165, 1.54) is 0 Å². The molecule has 1 aliphatic rings. The molecule has 0 aromatic rings. The van der Waals surface area contributed by atoms with Gasteiger partial charge in [-0.2, -0.15) is 13.2 Å². The van der Waals surface area contributed by atoms with Gasteiger partial charge >= 0.3 is 6.18 Å². The number of hydrogen-bond donors (Lipinski definition) is 1. The first kappa shape index (κ1) is 13.7. The minimum absolute atomic E-state index is 0.0342. The Hall–Kier alpha value is -0.330. The van der Waals surface area contributed by atoms with Crippen molar-refractivity contribution in [2.45, 2.75) is 38.1 Å². The Balaban J connectivity index is 2.08. The lowest BCUT2D eigenvalue weighted by Crippen LogP contribution is -2.56. The van der Waals surface area contributed by atoms with Gasteiger partial charge in [-0.3, -0.25) is 4.90 Å². The zero-order valence-corrected chi connectivity index (χ0v) is 9.33. The van der Waals surface area contributed by atoms with Gasteiger partial charge in [0.15, 0.2) is 6.10 Å². The first-order valence-electron chi connectivity index (χ1n) is 5.52. The van der Waals surface area contributed by atoms with E-state index in [2.05, 4.69) is 6.92 Å². The maximum atomic E-state index is 12.0. The van der Waals surface area contributed by atoms with Crippen LogP contribution in [0.2, 0.25) is 0 Å². The Morgan fingerprint density at radius 3 is 2.56 bits per heavy atom. The molecule has 6 heteroatoms. The second-order valence-electron chi connectivity index (χ2n) is 4.12. The molecular weight excluding hydrogens is 223 g/mol. The lowest BCUT2D eigenvalue weighted by atomic mass is 10.1. The van der Waals surface area contributed by atoms with Crippen molar-refractivity contribution in [2.75, 3.05) is 26.2 Å². The molecule has 1 rings (SSSR count). The minimum Gasteiger partial charge on any atom is -0.382 e. The van der Waals surface area contributed by atoms with E-state index >= 15 is 0 Å². The highest BCUT2D eigenvalue weighted by Crippen LogP contribution is 2.22. The summed E-state index contributed by atoms with van der Waals surface area (Å²) >= 11 is 0. The van der Waals surface area contributed by atoms with Crippen molar-refractivity contribution in [3.63, 3.8) is 0 Å². The quantitative estimate of drug-likeness (QED) is 0.714. The number of aliphatic hydroxyl groups is 1. The lowest BCUT2D eigenvalue weighted by Gasteiger charge is -2.40. The molecule has 0 bridgehead atoms. The minimum atomic E-state index is -4.52. The standard InChI is InChI=1S/C10H18F3NO2/c1-2-3-4-16-8-5-14(6-8)7-9(15)10(11,12)13/h8-9,15H,2-7H2,1H3. The summed E-state index contributed by atoms with van der Waals surface area (Å²) < 4.78 is 41.4. The van der Waals surface area contributed by atoms with Gasteiger partial charge in [-0.05, 0) is 6.42 Å². The SMILES string of the molecule is CCCCOC1CN(CC(O)C(F)(F)F)C1. The number of likely N-dealkylation sites (tertiary alicyclic amines) is 1. The molecule has 0 aliphatic carbocycles. The largest absolute Gasteiger partial charge is 0.415 e. The van der Waals surface area contributed by atoms with Crippen molar-refractivity contribution in [1.29, 1.82) is 0 Å². The molecular formula is C10H18F3NO2. The Labute approximate surface area is 93.2 Å². The van der Waals surface area contributed by atoms with Gasteiger partial charge in [-0.15, -0.1) is 0 Å². The van der Waals surface area contributed by atoms with Gasteiger partial charge in [0.05, 0.1) is 6.10 Å². The van der Waals surface area contributed by atoms with Gasteiger partial charge < -0.3 is 9.84 Å². The average Bonchev–Trinajstić information content (AvgIpc) is 2.12. The number of halogens is 3. The van der Waals surface area contributed by atoms with Crippen LogP contribution in [0.1, 0.15) is 19.8 Å². The number of β-amino-alcohol motifs (C(OH)–C–C–N with tert-alkyl or cyclic N) is 1. The van der Waals surface area contributed by atoms with E-state index in [1.807, 2.05) is 0 Å². The Morgan fingerprint density at radius 1 is 1.44 bits per heavy atom. The summed E-state index contributed by atoms with van der Waals surface area (Å²) in [6.07, 6.45) is -4.71. The van der Waals surface area contributed by atoms with Gasteiger partial charge in [0, 0.05) is 26.2 Å². The average molecular weight is 241 g/mol. The normalized spacial score (nSPS) is 20.8. The maximum absolute atomic E-state index is 12.0. The van der Waals surface area contributed by atoms with Crippen LogP contribution in [0.15, 0.2) is 0 Å². The highest BCUT2D eigenvalue weighted by Gasteiger charge is 2.41. The van der Waals surface area contributed by atoms with Crippen LogP contribution in [0.4, 0.5) is 13.2 Å². The molecule has 0 spiro atoms. The summed E-state index contributed by atoms with van der Waals surface area (Å²) in [5.74, 6) is 0. The van der Waals surface area contributed by atoms with Crippen LogP contribution in [-0.4, -0.2) is 54.6 Å². The van der Waals surface area contributed by atoms with Gasteiger partial charge in [-0.1, -0.05) is 13.3 Å². The van der Waals surface area contributed by atoms with E-state index in [1.54, 1.807) is 4.90 Å². The van der Waals surface area contributed by atoms with Crippen LogP contribution in [-0.2, 0) is 4.74 Å². The van der Waals surface area contributed by atoms with Crippen molar-refractivity contribution in [3.8, 4) is 0 Å². The zero-order valence-electron chi connectivity index (χ0n) is 9.33. The van der Waals surface area contributed by atoms with Crippen LogP contribution in [0.5, 0.6) is 0 Å². The van der Waals surface area contributed by atoms with Gasteiger partial charge in [0.25, 0.3) is 0 Å². The molecule has 1 N–H and O–H groups in total. The van der Waals surface area contributed by atoms with E-state index in [4.69, 9.17) is 9.84 Å². The molecule has 1 heterocycles. The lowest BCUT2D eigenvalue weighted by molar-refractivity contribution is -0.214. The van der Waals surface area contributed by atoms with Crippen LogP contribution in [0.25, 0.3) is 0 Å². The highest BCUT2D eigenvalue weighted by atomic mass is 19.4. The van der Waals surface area contributed by atoms with E-state index in [9.17, 15) is 13.2 Å². The fourth-order valence-electron chi connectivity index (χ4n) is 1.52. The van der Waals surface area contributed by atoms with Crippen LogP contribution in [0, 0.1) is 0 Å². The van der Waals surface area contributed by atoms with Gasteiger partial charge in [0.2, 0.25) is 0 Å². The molecule has 1 atom stereocenters. The highest BCUT2D eigenvalue weighted by molar-refractivity contribution is 4.83. The third-order valence-corrected chi connectivity index (χ3v) is 2.58. The molecule has 1 unspecified atom stereocenters. The van der Waals surface area contributed by atoms with Crippen molar-refractivity contribution >= 4 is 0 Å². The number of unbranched alkanes of at least 4 members (excludes halogenated alkanes) is 1.